The second kappa shape index (κ2) is 10.7. The summed E-state index contributed by atoms with van der Waals surface area (Å²) >= 11 is 0. The first-order valence-electron chi connectivity index (χ1n) is 12.9. The third kappa shape index (κ3) is 5.23. The molecule has 3 heterocycles. The molecule has 3 aliphatic heterocycles. The van der Waals surface area contributed by atoms with E-state index in [0.29, 0.717) is 37.6 Å². The lowest BCUT2D eigenvalue weighted by Crippen LogP contribution is -2.53. The third-order valence-electron chi connectivity index (χ3n) is 7.39. The molecule has 2 aromatic carbocycles. The summed E-state index contributed by atoms with van der Waals surface area (Å²) in [6.45, 7) is 3.74. The summed E-state index contributed by atoms with van der Waals surface area (Å²) in [5.41, 5.74) is 1.14. The number of halogens is 3. The van der Waals surface area contributed by atoms with Crippen LogP contribution in [0.15, 0.2) is 65.9 Å². The summed E-state index contributed by atoms with van der Waals surface area (Å²) in [6.07, 6.45) is -4.23. The highest BCUT2D eigenvalue weighted by Crippen LogP contribution is 2.38. The van der Waals surface area contributed by atoms with Crippen LogP contribution in [0.4, 0.5) is 18.0 Å². The molecule has 0 bridgehead atoms. The number of rotatable bonds is 6. The largest absolute Gasteiger partial charge is 0.416 e. The standard InChI is InChI=1S/C28H29F3N4O4/c1-2-34-22-17-35(21(16-18-6-4-3-5-7-18)25(36)33-12-14-39-15-13-33)26(37)23(22)24(32-27(34)38)19-8-10-20(11-9-19)28(29,30)31/h3-11,21,24H,2,12-17H2,1H3,(H,32,38). The van der Waals surface area contributed by atoms with E-state index >= 15 is 0 Å². The third-order valence-corrected chi connectivity index (χ3v) is 7.39. The van der Waals surface area contributed by atoms with Crippen molar-refractivity contribution in [3.63, 3.8) is 0 Å². The number of urea groups is 1. The molecular weight excluding hydrogens is 513 g/mol. The van der Waals surface area contributed by atoms with Gasteiger partial charge < -0.3 is 19.9 Å². The highest BCUT2D eigenvalue weighted by atomic mass is 19.4. The van der Waals surface area contributed by atoms with Gasteiger partial charge in [-0.1, -0.05) is 42.5 Å². The van der Waals surface area contributed by atoms with Crippen LogP contribution in [0.2, 0.25) is 0 Å². The van der Waals surface area contributed by atoms with Gasteiger partial charge in [0.1, 0.15) is 6.04 Å². The molecular formula is C28H29F3N4O4. The molecule has 5 rings (SSSR count). The Bertz CT molecular complexity index is 1270. The summed E-state index contributed by atoms with van der Waals surface area (Å²) in [6, 6.07) is 11.6. The van der Waals surface area contributed by atoms with Crippen molar-refractivity contribution in [2.75, 3.05) is 39.4 Å². The Kier molecular flexibility index (Phi) is 7.35. The number of nitrogens with one attached hydrogen (secondary N) is 1. The van der Waals surface area contributed by atoms with Crippen LogP contribution >= 0.6 is 0 Å². The molecule has 1 N–H and O–H groups in total. The predicted octanol–water partition coefficient (Wildman–Crippen LogP) is 3.36. The van der Waals surface area contributed by atoms with Crippen LogP contribution in [0.3, 0.4) is 0 Å². The van der Waals surface area contributed by atoms with Gasteiger partial charge in [0.2, 0.25) is 5.91 Å². The zero-order valence-corrected chi connectivity index (χ0v) is 21.4. The Morgan fingerprint density at radius 2 is 1.72 bits per heavy atom. The van der Waals surface area contributed by atoms with E-state index in [-0.39, 0.29) is 31.0 Å². The molecule has 1 saturated heterocycles. The molecule has 2 aromatic rings. The second-order valence-electron chi connectivity index (χ2n) is 9.68. The minimum absolute atomic E-state index is 0.0418. The van der Waals surface area contributed by atoms with Gasteiger partial charge in [-0.25, -0.2) is 4.79 Å². The highest BCUT2D eigenvalue weighted by molar-refractivity contribution is 6.03. The minimum Gasteiger partial charge on any atom is -0.378 e. The molecule has 0 aromatic heterocycles. The molecule has 0 saturated carbocycles. The van der Waals surface area contributed by atoms with Crippen molar-refractivity contribution in [2.24, 2.45) is 0 Å². The average Bonchev–Trinajstić information content (AvgIpc) is 3.28. The average molecular weight is 543 g/mol. The number of hydrogen-bond donors (Lipinski definition) is 1. The molecule has 2 unspecified atom stereocenters. The number of nitrogens with zero attached hydrogens (tertiary/aromatic N) is 3. The molecule has 3 aliphatic rings. The summed E-state index contributed by atoms with van der Waals surface area (Å²) in [5, 5.41) is 2.78. The van der Waals surface area contributed by atoms with E-state index in [2.05, 4.69) is 5.32 Å². The molecule has 4 amide bonds. The number of likely N-dealkylation sites (N-methyl/N-ethyl adjacent to an activating group) is 1. The zero-order chi connectivity index (χ0) is 27.7. The minimum atomic E-state index is -4.51. The van der Waals surface area contributed by atoms with Crippen LogP contribution in [-0.4, -0.2) is 78.0 Å². The fourth-order valence-corrected chi connectivity index (χ4v) is 5.38. The van der Waals surface area contributed by atoms with E-state index in [9.17, 15) is 27.6 Å². The molecule has 39 heavy (non-hydrogen) atoms. The van der Waals surface area contributed by atoms with Gasteiger partial charge in [0.05, 0.1) is 42.6 Å². The number of carbonyl (C=O) groups is 3. The predicted molar refractivity (Wildman–Crippen MR) is 135 cm³/mol. The van der Waals surface area contributed by atoms with E-state index < -0.39 is 35.8 Å². The van der Waals surface area contributed by atoms with Crippen LogP contribution in [0.5, 0.6) is 0 Å². The van der Waals surface area contributed by atoms with Gasteiger partial charge >= 0.3 is 12.2 Å². The maximum Gasteiger partial charge on any atom is 0.416 e. The Balaban J connectivity index is 1.50. The number of carbonyl (C=O) groups excluding carboxylic acids is 3. The van der Waals surface area contributed by atoms with Crippen molar-refractivity contribution in [3.05, 3.63) is 82.6 Å². The number of ether oxygens (including phenoxy) is 1. The Hall–Kier alpha value is -3.86. The monoisotopic (exact) mass is 542 g/mol. The highest BCUT2D eigenvalue weighted by Gasteiger charge is 2.47. The Labute approximate surface area is 224 Å². The van der Waals surface area contributed by atoms with Crippen LogP contribution < -0.4 is 5.32 Å². The van der Waals surface area contributed by atoms with Crippen molar-refractivity contribution in [1.82, 2.24) is 20.0 Å². The van der Waals surface area contributed by atoms with Crippen LogP contribution in [0.25, 0.3) is 0 Å². The molecule has 2 atom stereocenters. The molecule has 0 aliphatic carbocycles. The normalized spacial score (nSPS) is 20.7. The molecule has 8 nitrogen and oxygen atoms in total. The van der Waals surface area contributed by atoms with Gasteiger partial charge in [0.15, 0.2) is 0 Å². The van der Waals surface area contributed by atoms with Crippen molar-refractivity contribution >= 4 is 17.8 Å². The summed E-state index contributed by atoms with van der Waals surface area (Å²) in [7, 11) is 0. The van der Waals surface area contributed by atoms with E-state index in [1.165, 1.54) is 21.9 Å². The molecule has 1 fully saturated rings. The van der Waals surface area contributed by atoms with Gasteiger partial charge in [-0.15, -0.1) is 0 Å². The van der Waals surface area contributed by atoms with Gasteiger partial charge in [0, 0.05) is 26.1 Å². The fourth-order valence-electron chi connectivity index (χ4n) is 5.38. The number of alkyl halides is 3. The number of morpholine rings is 1. The van der Waals surface area contributed by atoms with Crippen LogP contribution in [0, 0.1) is 0 Å². The summed E-state index contributed by atoms with van der Waals surface area (Å²) in [5.74, 6) is -0.625. The Morgan fingerprint density at radius 3 is 2.33 bits per heavy atom. The fraction of sp³-hybridized carbons (Fsp3) is 0.393. The summed E-state index contributed by atoms with van der Waals surface area (Å²) in [4.78, 5) is 45.5. The van der Waals surface area contributed by atoms with Crippen molar-refractivity contribution in [2.45, 2.75) is 31.6 Å². The Morgan fingerprint density at radius 1 is 1.05 bits per heavy atom. The lowest BCUT2D eigenvalue weighted by Gasteiger charge is -2.35. The van der Waals surface area contributed by atoms with Crippen molar-refractivity contribution in [3.8, 4) is 0 Å². The lowest BCUT2D eigenvalue weighted by atomic mass is 9.94. The lowest BCUT2D eigenvalue weighted by molar-refractivity contribution is -0.145. The van der Waals surface area contributed by atoms with Crippen LogP contribution in [-0.2, 0) is 26.9 Å². The number of amides is 4. The van der Waals surface area contributed by atoms with Gasteiger partial charge in [-0.05, 0) is 30.2 Å². The van der Waals surface area contributed by atoms with Crippen molar-refractivity contribution < 1.29 is 32.3 Å². The zero-order valence-electron chi connectivity index (χ0n) is 21.4. The van der Waals surface area contributed by atoms with E-state index in [4.69, 9.17) is 4.74 Å². The molecule has 11 heteroatoms. The van der Waals surface area contributed by atoms with E-state index in [1.807, 2.05) is 30.3 Å². The number of benzene rings is 2. The van der Waals surface area contributed by atoms with Gasteiger partial charge in [0.25, 0.3) is 5.91 Å². The van der Waals surface area contributed by atoms with Gasteiger partial charge in [-0.3, -0.25) is 14.5 Å². The molecule has 0 spiro atoms. The quantitative estimate of drug-likeness (QED) is 0.607. The van der Waals surface area contributed by atoms with Crippen molar-refractivity contribution in [1.29, 1.82) is 0 Å². The van der Waals surface area contributed by atoms with E-state index in [0.717, 1.165) is 17.7 Å². The van der Waals surface area contributed by atoms with E-state index in [1.54, 1.807) is 11.8 Å². The first kappa shape index (κ1) is 26.7. The van der Waals surface area contributed by atoms with Gasteiger partial charge in [-0.2, -0.15) is 13.2 Å². The SMILES string of the molecule is CCN1C(=O)NC(c2ccc(C(F)(F)F)cc2)C2=C1CN(C(Cc1ccccc1)C(=O)N1CCOCC1)C2=O. The maximum atomic E-state index is 14.1. The topological polar surface area (TPSA) is 82.2 Å². The number of hydrogen-bond acceptors (Lipinski definition) is 4. The van der Waals surface area contributed by atoms with Crippen LogP contribution in [0.1, 0.15) is 29.7 Å². The molecule has 206 valence electrons. The smallest absolute Gasteiger partial charge is 0.378 e. The first-order valence-corrected chi connectivity index (χ1v) is 12.9. The maximum absolute atomic E-state index is 14.1. The molecule has 0 radical (unpaired) electrons. The summed E-state index contributed by atoms with van der Waals surface area (Å²) < 4.78 is 44.9. The second-order valence-corrected chi connectivity index (χ2v) is 9.68. The first-order chi connectivity index (χ1) is 18.7.